The maximum atomic E-state index is 16.1. The molecule has 676 valence electrons. The van der Waals surface area contributed by atoms with E-state index in [4.69, 9.17) is 80.2 Å². The summed E-state index contributed by atoms with van der Waals surface area (Å²) in [6.07, 6.45) is -20.5. The summed E-state index contributed by atoms with van der Waals surface area (Å²) in [5.41, 5.74) is 4.94. The Morgan fingerprint density at radius 3 is 1.28 bits per heavy atom. The number of esters is 3. The van der Waals surface area contributed by atoms with Crippen LogP contribution in [0.2, 0.25) is 5.04 Å². The quantitative estimate of drug-likeness (QED) is 0.0113. The number of methoxy groups -OCH3 is 2. The molecule has 3 saturated heterocycles. The third-order valence-electron chi connectivity index (χ3n) is 23.4. The smallest absolute Gasteiger partial charge is 0.338 e. The molecule has 4 heterocycles. The Bertz CT molecular complexity index is 5090. The van der Waals surface area contributed by atoms with Crippen LogP contribution in [-0.2, 0) is 130 Å². The van der Waals surface area contributed by atoms with Crippen molar-refractivity contribution in [2.45, 2.75) is 203 Å². The molecule has 0 unspecified atom stereocenters. The predicted molar refractivity (Wildman–Crippen MR) is 481 cm³/mol. The number of carbonyl (C=O) groups is 6. The normalized spacial score (nSPS) is 22.8. The predicted octanol–water partition coefficient (Wildman–Crippen LogP) is 15.2. The van der Waals surface area contributed by atoms with Gasteiger partial charge >= 0.3 is 17.9 Å². The lowest BCUT2D eigenvalue weighted by Gasteiger charge is -2.52. The standard InChI is InChI=1S/C104H113NO23Si/c1-71(106)55-60-88(108)125-92-86(70-121-129(104(2,3)4,80-48-28-13-29-49-80)81-50-30-14-31-51-81)124-103(127-91-85(69-115-63-77-56-58-79(112-5)59-57-77)122-101(116-61-35-15-32-54-87(107)113-6)89(93(91)118-65-74-40-20-9-21-41-74)105-98(109)82-52-33-34-53-83(82)99(105)110)97(126-100(111)78-46-26-12-27-47-78)95(92)128-102-96(120-67-76-44-24-11-25-45-76)94(119-66-75-42-22-10-23-43-75)90(117-64-73-38-18-8-19-39-73)84(123-102)68-114-62-72-36-16-7-17-37-72/h7-14,16-31,33-34,36-53,56-59,84-86,89-97,101-103H,15,32,35,54-55,60-70H2,1-6H3/t84-,85-,86-,89-,90-,91-,92+,93-,94+,95+,96-,97-,101-,102-,103+/m1/s1. The van der Waals surface area contributed by atoms with Crippen molar-refractivity contribution < 1.29 is 109 Å². The highest BCUT2D eigenvalue weighted by molar-refractivity contribution is 6.99. The van der Waals surface area contributed by atoms with Crippen LogP contribution in [0, 0.1) is 0 Å². The molecule has 0 spiro atoms. The molecule has 25 heteroatoms. The van der Waals surface area contributed by atoms with Gasteiger partial charge in [0.1, 0.15) is 72.5 Å². The van der Waals surface area contributed by atoms with E-state index in [1.807, 2.05) is 224 Å². The number of ether oxygens (including phenoxy) is 16. The Hall–Kier alpha value is -11.1. The minimum Gasteiger partial charge on any atom is -0.497 e. The van der Waals surface area contributed by atoms with E-state index in [2.05, 4.69) is 20.8 Å². The van der Waals surface area contributed by atoms with Crippen molar-refractivity contribution >= 4 is 54.2 Å². The average molecular weight is 1770 g/mol. The largest absolute Gasteiger partial charge is 0.497 e. The second-order valence-corrected chi connectivity index (χ2v) is 37.7. The van der Waals surface area contributed by atoms with E-state index in [1.165, 1.54) is 14.0 Å². The van der Waals surface area contributed by atoms with Crippen LogP contribution < -0.4 is 15.1 Å². The van der Waals surface area contributed by atoms with Crippen LogP contribution in [0.25, 0.3) is 0 Å². The first-order valence-electron chi connectivity index (χ1n) is 44.0. The van der Waals surface area contributed by atoms with Crippen LogP contribution >= 0.6 is 0 Å². The molecular formula is C104H113NO23Si. The first kappa shape index (κ1) is 94.0. The average Bonchev–Trinajstić information content (AvgIpc) is 1.48. The second kappa shape index (κ2) is 46.4. The Morgan fingerprint density at radius 2 is 0.791 bits per heavy atom. The summed E-state index contributed by atoms with van der Waals surface area (Å²) < 4.78 is 121. The molecule has 3 fully saturated rings. The number of ketones is 1. The molecule has 0 saturated carbocycles. The first-order valence-corrected chi connectivity index (χ1v) is 45.9. The molecule has 4 aliphatic rings. The van der Waals surface area contributed by atoms with E-state index >= 15 is 19.2 Å². The summed E-state index contributed by atoms with van der Waals surface area (Å²) in [5.74, 6) is -3.26. The number of benzene rings is 10. The molecule has 15 atom stereocenters. The van der Waals surface area contributed by atoms with Crippen molar-refractivity contribution in [3.63, 3.8) is 0 Å². The van der Waals surface area contributed by atoms with Crippen LogP contribution in [0.15, 0.2) is 291 Å². The molecule has 0 aliphatic carbocycles. The number of unbranched alkanes of at least 4 members (excludes halogenated alkanes) is 2. The number of carbonyl (C=O) groups excluding carboxylic acids is 6. The van der Waals surface area contributed by atoms with Crippen LogP contribution in [-0.4, -0.2) is 181 Å². The molecule has 4 aliphatic heterocycles. The number of hydrogen-bond acceptors (Lipinski definition) is 23. The van der Waals surface area contributed by atoms with Gasteiger partial charge in [-0.15, -0.1) is 0 Å². The topological polar surface area (TPSA) is 263 Å². The Kier molecular flexibility index (Phi) is 33.9. The van der Waals surface area contributed by atoms with Crippen LogP contribution in [0.1, 0.15) is 131 Å². The van der Waals surface area contributed by atoms with E-state index in [0.29, 0.717) is 30.6 Å². The summed E-state index contributed by atoms with van der Waals surface area (Å²) in [6, 6.07) is 88.2. The zero-order valence-corrected chi connectivity index (χ0v) is 74.5. The van der Waals surface area contributed by atoms with Gasteiger partial charge in [-0.2, -0.15) is 0 Å². The van der Waals surface area contributed by atoms with Crippen molar-refractivity contribution in [2.24, 2.45) is 0 Å². The molecular weight excluding hydrogens is 1660 g/mol. The van der Waals surface area contributed by atoms with E-state index < -0.39 is 142 Å². The molecule has 14 rings (SSSR count). The van der Waals surface area contributed by atoms with Gasteiger partial charge in [0.15, 0.2) is 31.1 Å². The highest BCUT2D eigenvalue weighted by Crippen LogP contribution is 2.44. The number of rotatable bonds is 44. The molecule has 0 bridgehead atoms. The van der Waals surface area contributed by atoms with Gasteiger partial charge < -0.3 is 85.0 Å². The summed E-state index contributed by atoms with van der Waals surface area (Å²) in [6.45, 7) is 6.79. The number of imide groups is 1. The molecule has 129 heavy (non-hydrogen) atoms. The van der Waals surface area contributed by atoms with Gasteiger partial charge in [0.05, 0.1) is 96.8 Å². The maximum Gasteiger partial charge on any atom is 0.338 e. The first-order chi connectivity index (χ1) is 62.9. The molecule has 10 aromatic rings. The summed E-state index contributed by atoms with van der Waals surface area (Å²) in [4.78, 5) is 89.9. The monoisotopic (exact) mass is 1770 g/mol. The van der Waals surface area contributed by atoms with Gasteiger partial charge in [-0.05, 0) is 105 Å². The van der Waals surface area contributed by atoms with E-state index in [1.54, 1.807) is 73.8 Å². The van der Waals surface area contributed by atoms with E-state index in [-0.39, 0.29) is 101 Å². The lowest BCUT2D eigenvalue weighted by molar-refractivity contribution is -0.384. The van der Waals surface area contributed by atoms with Crippen molar-refractivity contribution in [1.82, 2.24) is 4.90 Å². The molecule has 2 amide bonds. The zero-order chi connectivity index (χ0) is 89.9. The van der Waals surface area contributed by atoms with Gasteiger partial charge in [-0.3, -0.25) is 24.1 Å². The summed E-state index contributed by atoms with van der Waals surface area (Å²) in [5, 5.41) is 1.04. The molecule has 0 radical (unpaired) electrons. The minimum atomic E-state index is -3.74. The third kappa shape index (κ3) is 24.5. The van der Waals surface area contributed by atoms with Gasteiger partial charge in [0.25, 0.3) is 20.1 Å². The van der Waals surface area contributed by atoms with Crippen LogP contribution in [0.4, 0.5) is 0 Å². The fraction of sp³-hybridized carbons (Fsp3) is 0.365. The Balaban J connectivity index is 0.988. The van der Waals surface area contributed by atoms with Gasteiger partial charge in [-0.25, -0.2) is 4.79 Å². The highest BCUT2D eigenvalue weighted by atomic mass is 28.4. The number of fused-ring (bicyclic) bond motifs is 1. The molecule has 24 nitrogen and oxygen atoms in total. The Morgan fingerprint density at radius 1 is 0.372 bits per heavy atom. The lowest BCUT2D eigenvalue weighted by Crippen LogP contribution is -2.71. The van der Waals surface area contributed by atoms with E-state index in [0.717, 1.165) is 43.1 Å². The van der Waals surface area contributed by atoms with Gasteiger partial charge in [0, 0.05) is 19.4 Å². The Labute approximate surface area is 754 Å². The van der Waals surface area contributed by atoms with Gasteiger partial charge in [0.2, 0.25) is 0 Å². The van der Waals surface area contributed by atoms with Crippen molar-refractivity contribution in [1.29, 1.82) is 0 Å². The minimum absolute atomic E-state index is 0.00739. The molecule has 0 N–H and O–H groups in total. The van der Waals surface area contributed by atoms with Crippen molar-refractivity contribution in [3.05, 3.63) is 341 Å². The van der Waals surface area contributed by atoms with Gasteiger partial charge in [-0.1, -0.05) is 282 Å². The summed E-state index contributed by atoms with van der Waals surface area (Å²) in [7, 11) is -0.829. The van der Waals surface area contributed by atoms with Crippen LogP contribution in [0.3, 0.4) is 0 Å². The second-order valence-electron chi connectivity index (χ2n) is 33.4. The highest BCUT2D eigenvalue weighted by Gasteiger charge is 2.62. The third-order valence-corrected chi connectivity index (χ3v) is 28.4. The molecule has 10 aromatic carbocycles. The van der Waals surface area contributed by atoms with Crippen molar-refractivity contribution in [2.75, 3.05) is 40.6 Å². The maximum absolute atomic E-state index is 16.1. The number of hydrogen-bond donors (Lipinski definition) is 0. The number of Topliss-reactive ketones (excluding diaryl/α,β-unsaturated/α-hetero) is 1. The number of amides is 2. The van der Waals surface area contributed by atoms with Crippen molar-refractivity contribution in [3.8, 4) is 5.75 Å². The molecule has 0 aromatic heterocycles. The fourth-order valence-corrected chi connectivity index (χ4v) is 21.4. The summed E-state index contributed by atoms with van der Waals surface area (Å²) >= 11 is 0. The number of nitrogens with zero attached hydrogens (tertiary/aromatic N) is 1. The van der Waals surface area contributed by atoms with Crippen LogP contribution in [0.5, 0.6) is 5.75 Å². The lowest BCUT2D eigenvalue weighted by atomic mass is 9.93. The zero-order valence-electron chi connectivity index (χ0n) is 73.5. The fourth-order valence-electron chi connectivity index (χ4n) is 16.8. The SMILES string of the molecule is COC(=O)CCCCCO[C@@H]1O[C@H](COCc2ccc(OC)cc2)[C@@H](O[C@@H]2O[C@H](CO[Si](c3ccccc3)(c3ccccc3)C(C)(C)C)[C@H](OC(=O)CCC(C)=O)[C@H](O[C@H]3O[C@H](COCc4ccccc4)[C@@H](OCc4ccccc4)[C@H](OCc4ccccc4)[C@H]3OCc3ccccc3)[C@H]2OC(=O)c2ccccc2)[C@H](OCc2ccccc2)[C@H]1N1C(=O)c2ccccc2C1=O. The van der Waals surface area contributed by atoms with E-state index in [9.17, 15) is 9.59 Å².